The molecule has 2 aromatic heterocycles. The van der Waals surface area contributed by atoms with Crippen molar-refractivity contribution in [2.75, 3.05) is 5.32 Å². The zero-order valence-electron chi connectivity index (χ0n) is 14.1. The van der Waals surface area contributed by atoms with E-state index in [0.29, 0.717) is 0 Å². The van der Waals surface area contributed by atoms with Gasteiger partial charge < -0.3 is 5.32 Å². The van der Waals surface area contributed by atoms with Gasteiger partial charge in [0.25, 0.3) is 0 Å². The van der Waals surface area contributed by atoms with Gasteiger partial charge in [0.05, 0.1) is 0 Å². The SMILES string of the molecule is Cc1cc(NC(=O)C2CCn3nccc3C2)ccc1-c1ccncc1. The number of aryl methyl sites for hydroxylation is 2. The molecule has 0 fully saturated rings. The highest BCUT2D eigenvalue weighted by molar-refractivity contribution is 5.93. The van der Waals surface area contributed by atoms with E-state index in [9.17, 15) is 4.79 Å². The maximum Gasteiger partial charge on any atom is 0.227 e. The summed E-state index contributed by atoms with van der Waals surface area (Å²) in [5, 5.41) is 7.34. The number of aromatic nitrogens is 3. The fraction of sp³-hybridized carbons (Fsp3) is 0.250. The summed E-state index contributed by atoms with van der Waals surface area (Å²) in [6, 6.07) is 12.0. The highest BCUT2D eigenvalue weighted by Gasteiger charge is 2.25. The average molecular weight is 332 g/mol. The molecule has 0 radical (unpaired) electrons. The number of nitrogens with zero attached hydrogens (tertiary/aromatic N) is 3. The summed E-state index contributed by atoms with van der Waals surface area (Å²) in [5.41, 5.74) is 5.40. The molecule has 1 aliphatic rings. The van der Waals surface area contributed by atoms with Crippen molar-refractivity contribution in [3.05, 3.63) is 66.2 Å². The van der Waals surface area contributed by atoms with Crippen molar-refractivity contribution < 1.29 is 4.79 Å². The Labute approximate surface area is 146 Å². The van der Waals surface area contributed by atoms with Crippen LogP contribution in [0.3, 0.4) is 0 Å². The summed E-state index contributed by atoms with van der Waals surface area (Å²) in [7, 11) is 0. The van der Waals surface area contributed by atoms with Crippen molar-refractivity contribution in [1.82, 2.24) is 14.8 Å². The third kappa shape index (κ3) is 3.18. The molecule has 1 amide bonds. The maximum atomic E-state index is 12.6. The molecule has 0 bridgehead atoms. The normalized spacial score (nSPS) is 16.3. The summed E-state index contributed by atoms with van der Waals surface area (Å²) in [4.78, 5) is 16.7. The summed E-state index contributed by atoms with van der Waals surface area (Å²) in [5.74, 6) is 0.0906. The van der Waals surface area contributed by atoms with E-state index in [4.69, 9.17) is 0 Å². The van der Waals surface area contributed by atoms with Crippen LogP contribution in [0.1, 0.15) is 17.7 Å². The van der Waals surface area contributed by atoms with Gasteiger partial charge in [0.15, 0.2) is 0 Å². The van der Waals surface area contributed by atoms with E-state index in [2.05, 4.69) is 28.4 Å². The third-order valence-electron chi connectivity index (χ3n) is 4.81. The van der Waals surface area contributed by atoms with Crippen LogP contribution in [0, 0.1) is 12.8 Å². The number of fused-ring (bicyclic) bond motifs is 1. The molecule has 126 valence electrons. The second kappa shape index (κ2) is 6.51. The second-order valence-electron chi connectivity index (χ2n) is 6.49. The first-order valence-electron chi connectivity index (χ1n) is 8.53. The summed E-state index contributed by atoms with van der Waals surface area (Å²) in [6.45, 7) is 2.87. The van der Waals surface area contributed by atoms with Crippen molar-refractivity contribution in [3.8, 4) is 11.1 Å². The third-order valence-corrected chi connectivity index (χ3v) is 4.81. The predicted molar refractivity (Wildman–Crippen MR) is 97.1 cm³/mol. The van der Waals surface area contributed by atoms with Gasteiger partial charge in [0.1, 0.15) is 0 Å². The van der Waals surface area contributed by atoms with E-state index in [1.807, 2.05) is 35.0 Å². The van der Waals surface area contributed by atoms with Gasteiger partial charge in [0.2, 0.25) is 5.91 Å². The lowest BCUT2D eigenvalue weighted by Gasteiger charge is -2.22. The minimum absolute atomic E-state index is 0.00406. The van der Waals surface area contributed by atoms with Crippen LogP contribution in [0.2, 0.25) is 0 Å². The molecule has 1 aromatic carbocycles. The number of pyridine rings is 1. The van der Waals surface area contributed by atoms with Gasteiger partial charge in [-0.25, -0.2) is 0 Å². The van der Waals surface area contributed by atoms with Crippen LogP contribution in [0.25, 0.3) is 11.1 Å². The molecule has 25 heavy (non-hydrogen) atoms. The van der Waals surface area contributed by atoms with Crippen molar-refractivity contribution in [1.29, 1.82) is 0 Å². The van der Waals surface area contributed by atoms with Crippen molar-refractivity contribution in [3.63, 3.8) is 0 Å². The van der Waals surface area contributed by atoms with E-state index in [-0.39, 0.29) is 11.8 Å². The Morgan fingerprint density at radius 1 is 1.16 bits per heavy atom. The predicted octanol–water partition coefficient (Wildman–Crippen LogP) is 3.45. The topological polar surface area (TPSA) is 59.8 Å². The van der Waals surface area contributed by atoms with Gasteiger partial charge in [-0.3, -0.25) is 14.5 Å². The van der Waals surface area contributed by atoms with Crippen molar-refractivity contribution >= 4 is 11.6 Å². The Bertz CT molecular complexity index is 901. The first-order chi connectivity index (χ1) is 12.2. The molecule has 0 aliphatic carbocycles. The molecule has 1 atom stereocenters. The molecular weight excluding hydrogens is 312 g/mol. The van der Waals surface area contributed by atoms with Crippen LogP contribution >= 0.6 is 0 Å². The minimum Gasteiger partial charge on any atom is -0.326 e. The Kier molecular flexibility index (Phi) is 4.06. The number of carbonyl (C=O) groups excluding carboxylic acids is 1. The Morgan fingerprint density at radius 2 is 2.00 bits per heavy atom. The van der Waals surface area contributed by atoms with E-state index >= 15 is 0 Å². The quantitative estimate of drug-likeness (QED) is 0.799. The summed E-state index contributed by atoms with van der Waals surface area (Å²) >= 11 is 0. The molecule has 4 rings (SSSR count). The monoisotopic (exact) mass is 332 g/mol. The number of hydrogen-bond donors (Lipinski definition) is 1. The van der Waals surface area contributed by atoms with Gasteiger partial charge >= 0.3 is 0 Å². The van der Waals surface area contributed by atoms with E-state index in [1.54, 1.807) is 18.6 Å². The lowest BCUT2D eigenvalue weighted by molar-refractivity contribution is -0.120. The van der Waals surface area contributed by atoms with Crippen LogP contribution in [0.4, 0.5) is 5.69 Å². The number of hydrogen-bond acceptors (Lipinski definition) is 3. The van der Waals surface area contributed by atoms with E-state index < -0.39 is 0 Å². The van der Waals surface area contributed by atoms with Gasteiger partial charge in [0, 0.05) is 48.9 Å². The number of benzene rings is 1. The van der Waals surface area contributed by atoms with Crippen LogP contribution in [-0.4, -0.2) is 20.7 Å². The molecule has 0 saturated carbocycles. The van der Waals surface area contributed by atoms with Crippen LogP contribution in [0.15, 0.2) is 55.0 Å². The fourth-order valence-electron chi connectivity index (χ4n) is 3.43. The molecule has 5 heteroatoms. The molecule has 3 heterocycles. The van der Waals surface area contributed by atoms with Gasteiger partial charge in [-0.15, -0.1) is 0 Å². The van der Waals surface area contributed by atoms with Crippen LogP contribution in [0.5, 0.6) is 0 Å². The smallest absolute Gasteiger partial charge is 0.227 e. The Balaban J connectivity index is 1.48. The number of rotatable bonds is 3. The largest absolute Gasteiger partial charge is 0.326 e. The molecule has 1 unspecified atom stereocenters. The highest BCUT2D eigenvalue weighted by Crippen LogP contribution is 2.26. The van der Waals surface area contributed by atoms with Gasteiger partial charge in [-0.1, -0.05) is 6.07 Å². The van der Waals surface area contributed by atoms with Crippen LogP contribution in [-0.2, 0) is 17.8 Å². The van der Waals surface area contributed by atoms with Gasteiger partial charge in [-0.05, 0) is 60.4 Å². The number of nitrogens with one attached hydrogen (secondary N) is 1. The summed E-state index contributed by atoms with van der Waals surface area (Å²) in [6.07, 6.45) is 6.96. The zero-order chi connectivity index (χ0) is 17.2. The summed E-state index contributed by atoms with van der Waals surface area (Å²) < 4.78 is 1.98. The Morgan fingerprint density at radius 3 is 2.80 bits per heavy atom. The first-order valence-corrected chi connectivity index (χ1v) is 8.53. The second-order valence-corrected chi connectivity index (χ2v) is 6.49. The lowest BCUT2D eigenvalue weighted by Crippen LogP contribution is -2.30. The zero-order valence-corrected chi connectivity index (χ0v) is 14.1. The number of carbonyl (C=O) groups is 1. The van der Waals surface area contributed by atoms with E-state index in [1.165, 1.54) is 0 Å². The molecule has 5 nitrogen and oxygen atoms in total. The molecule has 1 N–H and O–H groups in total. The molecule has 3 aromatic rings. The first kappa shape index (κ1) is 15.6. The molecule has 0 spiro atoms. The average Bonchev–Trinajstić information content (AvgIpc) is 3.10. The molecule has 0 saturated heterocycles. The van der Waals surface area contributed by atoms with Gasteiger partial charge in [-0.2, -0.15) is 5.10 Å². The van der Waals surface area contributed by atoms with Crippen LogP contribution < -0.4 is 5.32 Å². The fourth-order valence-corrected chi connectivity index (χ4v) is 3.43. The van der Waals surface area contributed by atoms with E-state index in [0.717, 1.165) is 47.5 Å². The number of amides is 1. The van der Waals surface area contributed by atoms with Crippen molar-refractivity contribution in [2.45, 2.75) is 26.3 Å². The van der Waals surface area contributed by atoms with Crippen molar-refractivity contribution in [2.24, 2.45) is 5.92 Å². The maximum absolute atomic E-state index is 12.6. The Hall–Kier alpha value is -2.95. The lowest BCUT2D eigenvalue weighted by atomic mass is 9.95. The highest BCUT2D eigenvalue weighted by atomic mass is 16.1. The molecule has 1 aliphatic heterocycles. The number of anilines is 1. The molecular formula is C20H20N4O. The minimum atomic E-state index is 0.00406. The standard InChI is InChI=1S/C20H20N4O/c1-14-12-17(2-3-19(14)15-4-8-21-9-5-15)23-20(25)16-7-11-24-18(13-16)6-10-22-24/h2-6,8-10,12,16H,7,11,13H2,1H3,(H,23,25).